The van der Waals surface area contributed by atoms with E-state index in [4.69, 9.17) is 4.99 Å². The van der Waals surface area contributed by atoms with Crippen molar-refractivity contribution in [2.75, 3.05) is 26.7 Å². The molecule has 1 aromatic heterocycles. The summed E-state index contributed by atoms with van der Waals surface area (Å²) in [6.07, 6.45) is 7.47. The third-order valence-corrected chi connectivity index (χ3v) is 4.35. The molecule has 1 rings (SSSR count). The summed E-state index contributed by atoms with van der Waals surface area (Å²) in [6.45, 7) is 10.7. The van der Waals surface area contributed by atoms with Crippen LogP contribution in [-0.2, 0) is 6.42 Å². The van der Waals surface area contributed by atoms with Crippen molar-refractivity contribution in [1.82, 2.24) is 15.2 Å². The number of thiazole rings is 1. The zero-order valence-corrected chi connectivity index (χ0v) is 15.1. The Balaban J connectivity index is 2.30. The summed E-state index contributed by atoms with van der Waals surface area (Å²) in [6, 6.07) is 0. The first-order valence-corrected chi connectivity index (χ1v) is 9.06. The topological polar surface area (TPSA) is 40.5 Å². The maximum absolute atomic E-state index is 4.72. The van der Waals surface area contributed by atoms with Crippen molar-refractivity contribution >= 4 is 17.3 Å². The van der Waals surface area contributed by atoms with Gasteiger partial charge in [-0.25, -0.2) is 4.98 Å². The van der Waals surface area contributed by atoms with Gasteiger partial charge in [-0.3, -0.25) is 4.99 Å². The van der Waals surface area contributed by atoms with Crippen LogP contribution in [0.3, 0.4) is 0 Å². The molecule has 0 aromatic carbocycles. The predicted octanol–water partition coefficient (Wildman–Crippen LogP) is 3.64. The van der Waals surface area contributed by atoms with E-state index in [9.17, 15) is 0 Å². The van der Waals surface area contributed by atoms with E-state index >= 15 is 0 Å². The highest BCUT2D eigenvalue weighted by atomic mass is 32.1. The van der Waals surface area contributed by atoms with Crippen molar-refractivity contribution in [2.45, 2.75) is 46.0 Å². The molecule has 1 N–H and O–H groups in total. The van der Waals surface area contributed by atoms with Crippen LogP contribution in [0.2, 0.25) is 0 Å². The third-order valence-electron chi connectivity index (χ3n) is 3.33. The van der Waals surface area contributed by atoms with Gasteiger partial charge in [-0.2, -0.15) is 0 Å². The lowest BCUT2D eigenvalue weighted by atomic mass is 10.2. The monoisotopic (exact) mass is 322 g/mol. The standard InChI is InChI=1S/C17H30N4S/c1-5-7-10-13-21(4)17(18-6-2)19-12-9-8-11-16-20-15(3)14-22-16/h5,14H,1,6-13H2,2-4H3,(H,18,19). The highest BCUT2D eigenvalue weighted by Crippen LogP contribution is 2.11. The van der Waals surface area contributed by atoms with Crippen molar-refractivity contribution < 1.29 is 0 Å². The average molecular weight is 323 g/mol. The fourth-order valence-corrected chi connectivity index (χ4v) is 2.96. The first-order valence-electron chi connectivity index (χ1n) is 8.18. The van der Waals surface area contributed by atoms with E-state index in [1.54, 1.807) is 11.3 Å². The van der Waals surface area contributed by atoms with Crippen LogP contribution < -0.4 is 5.32 Å². The minimum atomic E-state index is 0.874. The Morgan fingerprint density at radius 3 is 2.91 bits per heavy atom. The lowest BCUT2D eigenvalue weighted by Crippen LogP contribution is -2.39. The zero-order chi connectivity index (χ0) is 16.2. The molecule has 0 amide bonds. The Labute approximate surface area is 139 Å². The second-order valence-electron chi connectivity index (χ2n) is 5.43. The minimum absolute atomic E-state index is 0.874. The van der Waals surface area contributed by atoms with Gasteiger partial charge in [-0.15, -0.1) is 17.9 Å². The van der Waals surface area contributed by atoms with Gasteiger partial charge < -0.3 is 10.2 Å². The number of nitrogens with one attached hydrogen (secondary N) is 1. The van der Waals surface area contributed by atoms with Crippen molar-refractivity contribution in [1.29, 1.82) is 0 Å². The summed E-state index contributed by atoms with van der Waals surface area (Å²) in [4.78, 5) is 11.4. The second-order valence-corrected chi connectivity index (χ2v) is 6.37. The number of aromatic nitrogens is 1. The van der Waals surface area contributed by atoms with Gasteiger partial charge in [0.05, 0.1) is 5.01 Å². The number of nitrogens with zero attached hydrogens (tertiary/aromatic N) is 3. The summed E-state index contributed by atoms with van der Waals surface area (Å²) >= 11 is 1.76. The Morgan fingerprint density at radius 2 is 2.27 bits per heavy atom. The highest BCUT2D eigenvalue weighted by Gasteiger charge is 2.04. The molecular formula is C17H30N4S. The minimum Gasteiger partial charge on any atom is -0.357 e. The van der Waals surface area contributed by atoms with Gasteiger partial charge in [0, 0.05) is 37.8 Å². The molecule has 0 saturated heterocycles. The smallest absolute Gasteiger partial charge is 0.193 e. The number of aryl methyl sites for hydroxylation is 2. The molecule has 1 aromatic rings. The van der Waals surface area contributed by atoms with E-state index in [2.05, 4.69) is 48.1 Å². The molecule has 0 aliphatic rings. The predicted molar refractivity (Wildman–Crippen MR) is 97.8 cm³/mol. The first-order chi connectivity index (χ1) is 10.7. The maximum atomic E-state index is 4.72. The number of rotatable bonds is 10. The number of guanidine groups is 1. The van der Waals surface area contributed by atoms with Gasteiger partial charge in [-0.1, -0.05) is 6.08 Å². The van der Waals surface area contributed by atoms with Crippen molar-refractivity contribution in [3.8, 4) is 0 Å². The lowest BCUT2D eigenvalue weighted by Gasteiger charge is -2.21. The molecule has 22 heavy (non-hydrogen) atoms. The Hall–Kier alpha value is -1.36. The molecule has 0 fully saturated rings. The second kappa shape index (κ2) is 11.2. The highest BCUT2D eigenvalue weighted by molar-refractivity contribution is 7.09. The molecule has 0 unspecified atom stereocenters. The van der Waals surface area contributed by atoms with Crippen LogP contribution in [0.1, 0.15) is 43.3 Å². The zero-order valence-electron chi connectivity index (χ0n) is 14.3. The molecule has 0 bridgehead atoms. The third kappa shape index (κ3) is 7.59. The van der Waals surface area contributed by atoms with E-state index in [0.29, 0.717) is 0 Å². The molecule has 0 saturated carbocycles. The number of hydrogen-bond acceptors (Lipinski definition) is 3. The van der Waals surface area contributed by atoms with E-state index < -0.39 is 0 Å². The van der Waals surface area contributed by atoms with E-state index in [-0.39, 0.29) is 0 Å². The summed E-state index contributed by atoms with van der Waals surface area (Å²) in [5, 5.41) is 6.73. The average Bonchev–Trinajstić information content (AvgIpc) is 2.91. The van der Waals surface area contributed by atoms with Crippen LogP contribution in [0.4, 0.5) is 0 Å². The molecule has 124 valence electrons. The largest absolute Gasteiger partial charge is 0.357 e. The van der Waals surface area contributed by atoms with E-state index in [1.165, 1.54) is 5.01 Å². The van der Waals surface area contributed by atoms with Crippen LogP contribution in [0.25, 0.3) is 0 Å². The van der Waals surface area contributed by atoms with Crippen molar-refractivity contribution in [2.24, 2.45) is 4.99 Å². The first kappa shape index (κ1) is 18.7. The molecule has 0 atom stereocenters. The summed E-state index contributed by atoms with van der Waals surface area (Å²) < 4.78 is 0. The molecule has 1 heterocycles. The molecule has 0 radical (unpaired) electrons. The van der Waals surface area contributed by atoms with E-state index in [0.717, 1.165) is 63.4 Å². The van der Waals surface area contributed by atoms with Crippen molar-refractivity contribution in [3.63, 3.8) is 0 Å². The van der Waals surface area contributed by atoms with Gasteiger partial charge in [0.2, 0.25) is 0 Å². The van der Waals surface area contributed by atoms with E-state index in [1.807, 2.05) is 6.08 Å². The van der Waals surface area contributed by atoms with Crippen LogP contribution >= 0.6 is 11.3 Å². The van der Waals surface area contributed by atoms with Gasteiger partial charge >= 0.3 is 0 Å². The number of allylic oxidation sites excluding steroid dienone is 1. The van der Waals surface area contributed by atoms with Gasteiger partial charge in [0.1, 0.15) is 0 Å². The molecular weight excluding hydrogens is 292 g/mol. The van der Waals surface area contributed by atoms with Crippen LogP contribution in [0.5, 0.6) is 0 Å². The molecule has 4 nitrogen and oxygen atoms in total. The molecule has 5 heteroatoms. The van der Waals surface area contributed by atoms with Crippen molar-refractivity contribution in [3.05, 3.63) is 28.7 Å². The fourth-order valence-electron chi connectivity index (χ4n) is 2.14. The summed E-state index contributed by atoms with van der Waals surface area (Å²) in [5.74, 6) is 1.01. The van der Waals surface area contributed by atoms with Gasteiger partial charge in [0.25, 0.3) is 0 Å². The Kier molecular flexibility index (Phi) is 9.55. The summed E-state index contributed by atoms with van der Waals surface area (Å²) in [5.41, 5.74) is 1.13. The van der Waals surface area contributed by atoms with Gasteiger partial charge in [-0.05, 0) is 46.0 Å². The number of unbranched alkanes of at least 4 members (excludes halogenated alkanes) is 2. The fraction of sp³-hybridized carbons (Fsp3) is 0.647. The Morgan fingerprint density at radius 1 is 1.45 bits per heavy atom. The SMILES string of the molecule is C=CCCCN(C)C(=NCCCCc1nc(C)cs1)NCC. The van der Waals surface area contributed by atoms with Crippen LogP contribution in [-0.4, -0.2) is 42.5 Å². The number of hydrogen-bond donors (Lipinski definition) is 1. The lowest BCUT2D eigenvalue weighted by molar-refractivity contribution is 0.469. The van der Waals surface area contributed by atoms with Crippen LogP contribution in [0.15, 0.2) is 23.0 Å². The van der Waals surface area contributed by atoms with Crippen LogP contribution in [0, 0.1) is 6.92 Å². The molecule has 0 spiro atoms. The quantitative estimate of drug-likeness (QED) is 0.309. The molecule has 0 aliphatic heterocycles. The summed E-state index contributed by atoms with van der Waals surface area (Å²) in [7, 11) is 2.10. The number of aliphatic imine (C=N–C) groups is 1. The normalized spacial score (nSPS) is 11.5. The molecule has 0 aliphatic carbocycles. The van der Waals surface area contributed by atoms with Gasteiger partial charge in [0.15, 0.2) is 5.96 Å². The Bertz CT molecular complexity index is 453. The maximum Gasteiger partial charge on any atom is 0.193 e.